The minimum absolute atomic E-state index is 0.165. The number of carbonyl (C=O) groups is 2. The molecule has 1 aliphatic rings. The molecule has 1 aromatic carbocycles. The highest BCUT2D eigenvalue weighted by atomic mass is 16.6. The molecule has 1 atom stereocenters. The standard InChI is InChI=1S/C21H25NO6/c1-4-15-13-27-18-16(20(23)25-5-2)22(12-14-10-8-7-9-11-14)17(19(18)28-15)21(24)26-6-3/h7-11,15H,4-6,12-13H2,1-3H3. The lowest BCUT2D eigenvalue weighted by molar-refractivity contribution is 0.0482. The highest BCUT2D eigenvalue weighted by Crippen LogP contribution is 2.43. The number of benzene rings is 1. The number of aromatic nitrogens is 1. The summed E-state index contributed by atoms with van der Waals surface area (Å²) in [7, 11) is 0. The van der Waals surface area contributed by atoms with Crippen molar-refractivity contribution in [1.82, 2.24) is 4.57 Å². The maximum absolute atomic E-state index is 12.8. The second-order valence-corrected chi connectivity index (χ2v) is 6.33. The lowest BCUT2D eigenvalue weighted by atomic mass is 10.2. The van der Waals surface area contributed by atoms with Crippen molar-refractivity contribution >= 4 is 11.9 Å². The van der Waals surface area contributed by atoms with Gasteiger partial charge in [-0.05, 0) is 25.8 Å². The molecular weight excluding hydrogens is 362 g/mol. The Balaban J connectivity index is 2.18. The van der Waals surface area contributed by atoms with Gasteiger partial charge in [-0.15, -0.1) is 0 Å². The Morgan fingerprint density at radius 2 is 1.61 bits per heavy atom. The molecule has 7 nitrogen and oxygen atoms in total. The Bertz CT molecular complexity index is 842. The molecule has 0 N–H and O–H groups in total. The van der Waals surface area contributed by atoms with E-state index in [1.807, 2.05) is 37.3 Å². The van der Waals surface area contributed by atoms with Crippen LogP contribution in [0.1, 0.15) is 53.7 Å². The van der Waals surface area contributed by atoms with Gasteiger partial charge in [0.2, 0.25) is 0 Å². The van der Waals surface area contributed by atoms with E-state index in [9.17, 15) is 9.59 Å². The van der Waals surface area contributed by atoms with Gasteiger partial charge in [0, 0.05) is 6.54 Å². The van der Waals surface area contributed by atoms with Crippen molar-refractivity contribution in [2.24, 2.45) is 0 Å². The molecule has 0 spiro atoms. The van der Waals surface area contributed by atoms with Gasteiger partial charge < -0.3 is 23.5 Å². The summed E-state index contributed by atoms with van der Waals surface area (Å²) in [6.45, 7) is 6.41. The fraction of sp³-hybridized carbons (Fsp3) is 0.429. The van der Waals surface area contributed by atoms with Crippen LogP contribution >= 0.6 is 0 Å². The zero-order valence-electron chi connectivity index (χ0n) is 16.4. The lowest BCUT2D eigenvalue weighted by Crippen LogP contribution is -2.29. The van der Waals surface area contributed by atoms with Crippen molar-refractivity contribution in [3.63, 3.8) is 0 Å². The van der Waals surface area contributed by atoms with Gasteiger partial charge in [0.25, 0.3) is 0 Å². The van der Waals surface area contributed by atoms with E-state index in [-0.39, 0.29) is 48.7 Å². The van der Waals surface area contributed by atoms with Crippen molar-refractivity contribution < 1.29 is 28.5 Å². The monoisotopic (exact) mass is 387 g/mol. The molecule has 28 heavy (non-hydrogen) atoms. The molecule has 1 aliphatic heterocycles. The van der Waals surface area contributed by atoms with Gasteiger partial charge in [-0.2, -0.15) is 0 Å². The van der Waals surface area contributed by atoms with E-state index in [1.54, 1.807) is 18.4 Å². The molecule has 0 fully saturated rings. The summed E-state index contributed by atoms with van der Waals surface area (Å²) in [5.74, 6) is -0.646. The smallest absolute Gasteiger partial charge is 0.359 e. The van der Waals surface area contributed by atoms with E-state index in [4.69, 9.17) is 18.9 Å². The molecule has 1 aromatic heterocycles. The molecule has 7 heteroatoms. The van der Waals surface area contributed by atoms with Gasteiger partial charge in [-0.3, -0.25) is 0 Å². The molecule has 0 saturated carbocycles. The van der Waals surface area contributed by atoms with Gasteiger partial charge in [-0.25, -0.2) is 9.59 Å². The highest BCUT2D eigenvalue weighted by molar-refractivity contribution is 6.00. The summed E-state index contributed by atoms with van der Waals surface area (Å²) in [5, 5.41) is 0. The fourth-order valence-electron chi connectivity index (χ4n) is 3.12. The Hall–Kier alpha value is -2.96. The van der Waals surface area contributed by atoms with Crippen LogP contribution in [-0.4, -0.2) is 42.4 Å². The average molecular weight is 387 g/mol. The van der Waals surface area contributed by atoms with Crippen LogP contribution in [0.2, 0.25) is 0 Å². The molecule has 0 amide bonds. The molecule has 2 aromatic rings. The Morgan fingerprint density at radius 3 is 2.18 bits per heavy atom. The summed E-state index contributed by atoms with van der Waals surface area (Å²) in [5.41, 5.74) is 1.25. The van der Waals surface area contributed by atoms with Gasteiger partial charge in [-0.1, -0.05) is 37.3 Å². The van der Waals surface area contributed by atoms with Crippen LogP contribution in [0, 0.1) is 0 Å². The van der Waals surface area contributed by atoms with Crippen LogP contribution in [0.3, 0.4) is 0 Å². The van der Waals surface area contributed by atoms with Crippen LogP contribution in [0.15, 0.2) is 30.3 Å². The third-order valence-corrected chi connectivity index (χ3v) is 4.45. The predicted octanol–water partition coefficient (Wildman–Crippen LogP) is 3.44. The SMILES string of the molecule is CCOC(=O)c1c2c(c(C(=O)OCC)n1Cc1ccccc1)OC(CC)CO2. The number of rotatable bonds is 7. The van der Waals surface area contributed by atoms with Crippen LogP contribution in [0.4, 0.5) is 0 Å². The number of nitrogens with zero attached hydrogens (tertiary/aromatic N) is 1. The fourth-order valence-corrected chi connectivity index (χ4v) is 3.12. The third-order valence-electron chi connectivity index (χ3n) is 4.45. The predicted molar refractivity (Wildman–Crippen MR) is 102 cm³/mol. The maximum Gasteiger partial charge on any atom is 0.359 e. The van der Waals surface area contributed by atoms with Crippen LogP contribution < -0.4 is 9.47 Å². The van der Waals surface area contributed by atoms with Crippen molar-refractivity contribution in [2.45, 2.75) is 39.8 Å². The van der Waals surface area contributed by atoms with Crippen LogP contribution in [0.25, 0.3) is 0 Å². The molecule has 3 rings (SSSR count). The first kappa shape index (κ1) is 19.8. The summed E-state index contributed by atoms with van der Waals surface area (Å²) >= 11 is 0. The van der Waals surface area contributed by atoms with E-state index in [1.165, 1.54) is 0 Å². The molecule has 0 radical (unpaired) electrons. The third kappa shape index (κ3) is 3.83. The zero-order chi connectivity index (χ0) is 20.1. The first-order valence-electron chi connectivity index (χ1n) is 9.54. The average Bonchev–Trinajstić information content (AvgIpc) is 3.02. The second-order valence-electron chi connectivity index (χ2n) is 6.33. The summed E-state index contributed by atoms with van der Waals surface area (Å²) in [6.07, 6.45) is 0.503. The molecule has 0 bridgehead atoms. The van der Waals surface area contributed by atoms with Gasteiger partial charge >= 0.3 is 11.9 Å². The van der Waals surface area contributed by atoms with Crippen molar-refractivity contribution in [2.75, 3.05) is 19.8 Å². The van der Waals surface area contributed by atoms with Crippen LogP contribution in [-0.2, 0) is 16.0 Å². The first-order valence-corrected chi connectivity index (χ1v) is 9.54. The van der Waals surface area contributed by atoms with Gasteiger partial charge in [0.05, 0.1) is 13.2 Å². The topological polar surface area (TPSA) is 76.0 Å². The van der Waals surface area contributed by atoms with E-state index >= 15 is 0 Å². The maximum atomic E-state index is 12.8. The molecule has 150 valence electrons. The molecule has 0 saturated heterocycles. The van der Waals surface area contributed by atoms with Crippen molar-refractivity contribution in [1.29, 1.82) is 0 Å². The van der Waals surface area contributed by atoms with E-state index in [0.29, 0.717) is 13.0 Å². The van der Waals surface area contributed by atoms with Gasteiger partial charge in [0.15, 0.2) is 22.9 Å². The molecule has 2 heterocycles. The quantitative estimate of drug-likeness (QED) is 0.678. The number of hydrogen-bond donors (Lipinski definition) is 0. The Morgan fingerprint density at radius 1 is 1.00 bits per heavy atom. The zero-order valence-corrected chi connectivity index (χ0v) is 16.4. The number of hydrogen-bond acceptors (Lipinski definition) is 6. The summed E-state index contributed by atoms with van der Waals surface area (Å²) < 4.78 is 23.9. The minimum Gasteiger partial charge on any atom is -0.483 e. The van der Waals surface area contributed by atoms with Crippen molar-refractivity contribution in [3.05, 3.63) is 47.3 Å². The molecular formula is C21H25NO6. The van der Waals surface area contributed by atoms with Gasteiger partial charge in [0.1, 0.15) is 12.7 Å². The highest BCUT2D eigenvalue weighted by Gasteiger charge is 2.38. The molecule has 0 aliphatic carbocycles. The van der Waals surface area contributed by atoms with Crippen LogP contribution in [0.5, 0.6) is 11.5 Å². The van der Waals surface area contributed by atoms with Crippen molar-refractivity contribution in [3.8, 4) is 11.5 Å². The molecule has 1 unspecified atom stereocenters. The van der Waals surface area contributed by atoms with E-state index in [0.717, 1.165) is 5.56 Å². The summed E-state index contributed by atoms with van der Waals surface area (Å²) in [4.78, 5) is 25.5. The Labute approximate surface area is 164 Å². The van der Waals surface area contributed by atoms with E-state index in [2.05, 4.69) is 0 Å². The Kier molecular flexibility index (Phi) is 6.23. The minimum atomic E-state index is -0.566. The summed E-state index contributed by atoms with van der Waals surface area (Å²) in [6, 6.07) is 9.53. The lowest BCUT2D eigenvalue weighted by Gasteiger charge is -2.24. The first-order chi connectivity index (χ1) is 13.6. The normalized spacial score (nSPS) is 15.2. The number of carbonyl (C=O) groups excluding carboxylic acids is 2. The number of ether oxygens (including phenoxy) is 4. The number of esters is 2. The van der Waals surface area contributed by atoms with E-state index < -0.39 is 11.9 Å². The number of fused-ring (bicyclic) bond motifs is 1. The second kappa shape index (κ2) is 8.82. The largest absolute Gasteiger partial charge is 0.483 e.